The minimum absolute atomic E-state index is 0.185. The second-order valence-corrected chi connectivity index (χ2v) is 5.10. The van der Waals surface area contributed by atoms with Crippen LogP contribution in [0.4, 0.5) is 5.69 Å². The molecular weight excluding hydrogens is 244 g/mol. The van der Waals surface area contributed by atoms with E-state index in [1.807, 2.05) is 6.07 Å². The van der Waals surface area contributed by atoms with Crippen LogP contribution in [0.5, 0.6) is 0 Å². The molecule has 2 rings (SSSR count). The number of nitrogens with one attached hydrogen (secondary N) is 1. The molecule has 1 saturated heterocycles. The third-order valence-electron chi connectivity index (χ3n) is 3.62. The van der Waals surface area contributed by atoms with Crippen molar-refractivity contribution in [3.8, 4) is 0 Å². The molecule has 2 unspecified atom stereocenters. The van der Waals surface area contributed by atoms with Gasteiger partial charge in [0, 0.05) is 24.7 Å². The van der Waals surface area contributed by atoms with E-state index in [1.54, 1.807) is 19.1 Å². The first kappa shape index (κ1) is 14.0. The summed E-state index contributed by atoms with van der Waals surface area (Å²) >= 11 is 0. The van der Waals surface area contributed by atoms with E-state index < -0.39 is 0 Å². The van der Waals surface area contributed by atoms with E-state index in [-0.39, 0.29) is 16.7 Å². The summed E-state index contributed by atoms with van der Waals surface area (Å²) < 4.78 is 5.72. The Labute approximate surface area is 113 Å². The first-order valence-electron chi connectivity index (χ1n) is 6.67. The van der Waals surface area contributed by atoms with E-state index in [1.165, 1.54) is 0 Å². The highest BCUT2D eigenvalue weighted by Crippen LogP contribution is 2.21. The van der Waals surface area contributed by atoms with Gasteiger partial charge in [-0.15, -0.1) is 0 Å². The van der Waals surface area contributed by atoms with Gasteiger partial charge < -0.3 is 10.1 Å². The van der Waals surface area contributed by atoms with Crippen molar-refractivity contribution in [1.29, 1.82) is 0 Å². The number of hydrogen-bond acceptors (Lipinski definition) is 4. The lowest BCUT2D eigenvalue weighted by Crippen LogP contribution is -2.26. The maximum Gasteiger partial charge on any atom is 0.272 e. The molecule has 1 fully saturated rings. The van der Waals surface area contributed by atoms with Gasteiger partial charge in [-0.2, -0.15) is 0 Å². The number of nitro groups is 1. The molecule has 19 heavy (non-hydrogen) atoms. The molecule has 1 aromatic carbocycles. The first-order chi connectivity index (χ1) is 9.08. The summed E-state index contributed by atoms with van der Waals surface area (Å²) in [6.45, 7) is 5.32. The lowest BCUT2D eigenvalue weighted by molar-refractivity contribution is -0.385. The summed E-state index contributed by atoms with van der Waals surface area (Å²) in [7, 11) is 0. The molecule has 0 saturated carbocycles. The van der Waals surface area contributed by atoms with Gasteiger partial charge in [0.2, 0.25) is 0 Å². The molecule has 1 heterocycles. The molecule has 0 aliphatic carbocycles. The SMILES string of the molecule is Cc1c(CNCC2CCC(C)O2)cccc1[N+](=O)[O-]. The van der Waals surface area contributed by atoms with Crippen molar-refractivity contribution in [2.24, 2.45) is 0 Å². The van der Waals surface area contributed by atoms with Gasteiger partial charge in [-0.25, -0.2) is 0 Å². The summed E-state index contributed by atoms with van der Waals surface area (Å²) in [4.78, 5) is 10.5. The Morgan fingerprint density at radius 1 is 1.47 bits per heavy atom. The molecule has 0 radical (unpaired) electrons. The Hall–Kier alpha value is -1.46. The molecule has 1 aromatic rings. The molecule has 2 atom stereocenters. The van der Waals surface area contributed by atoms with Gasteiger partial charge in [0.15, 0.2) is 0 Å². The van der Waals surface area contributed by atoms with Crippen LogP contribution in [0.15, 0.2) is 18.2 Å². The predicted octanol–water partition coefficient (Wildman–Crippen LogP) is 2.56. The highest BCUT2D eigenvalue weighted by molar-refractivity contribution is 5.44. The predicted molar refractivity (Wildman–Crippen MR) is 73.1 cm³/mol. The first-order valence-corrected chi connectivity index (χ1v) is 6.67. The van der Waals surface area contributed by atoms with Crippen LogP contribution in [0, 0.1) is 17.0 Å². The zero-order valence-corrected chi connectivity index (χ0v) is 11.4. The number of nitrogens with zero attached hydrogens (tertiary/aromatic N) is 1. The van der Waals surface area contributed by atoms with E-state index in [0.717, 1.165) is 30.5 Å². The summed E-state index contributed by atoms with van der Waals surface area (Å²) in [6.07, 6.45) is 2.82. The zero-order valence-electron chi connectivity index (χ0n) is 11.4. The molecule has 1 aliphatic rings. The van der Waals surface area contributed by atoms with Crippen molar-refractivity contribution in [2.45, 2.75) is 45.4 Å². The second-order valence-electron chi connectivity index (χ2n) is 5.10. The van der Waals surface area contributed by atoms with E-state index in [4.69, 9.17) is 4.74 Å². The van der Waals surface area contributed by atoms with Crippen molar-refractivity contribution in [2.75, 3.05) is 6.54 Å². The van der Waals surface area contributed by atoms with Gasteiger partial charge in [0.1, 0.15) is 0 Å². The van der Waals surface area contributed by atoms with Crippen molar-refractivity contribution < 1.29 is 9.66 Å². The maximum absolute atomic E-state index is 10.9. The Morgan fingerprint density at radius 2 is 2.26 bits per heavy atom. The van der Waals surface area contributed by atoms with Crippen molar-refractivity contribution in [3.63, 3.8) is 0 Å². The van der Waals surface area contributed by atoms with Crippen LogP contribution < -0.4 is 5.32 Å². The van der Waals surface area contributed by atoms with E-state index in [2.05, 4.69) is 12.2 Å². The summed E-state index contributed by atoms with van der Waals surface area (Å²) in [5, 5.41) is 14.2. The fourth-order valence-electron chi connectivity index (χ4n) is 2.46. The van der Waals surface area contributed by atoms with Crippen LogP contribution in [0.25, 0.3) is 0 Å². The maximum atomic E-state index is 10.9. The van der Waals surface area contributed by atoms with E-state index in [9.17, 15) is 10.1 Å². The molecule has 5 nitrogen and oxygen atoms in total. The fraction of sp³-hybridized carbons (Fsp3) is 0.571. The normalized spacial score (nSPS) is 22.6. The van der Waals surface area contributed by atoms with E-state index in [0.29, 0.717) is 12.6 Å². The number of nitro benzene ring substituents is 1. The standard InChI is InChI=1S/C14H20N2O3/c1-10-6-7-13(19-10)9-15-8-12-4-3-5-14(11(12)2)16(17)18/h3-5,10,13,15H,6-9H2,1-2H3. The average Bonchev–Trinajstić information content (AvgIpc) is 2.77. The average molecular weight is 264 g/mol. The summed E-state index contributed by atoms with van der Waals surface area (Å²) in [6, 6.07) is 5.20. The lowest BCUT2D eigenvalue weighted by atomic mass is 10.1. The quantitative estimate of drug-likeness (QED) is 0.655. The molecule has 1 N–H and O–H groups in total. The molecule has 0 amide bonds. The molecule has 0 spiro atoms. The molecular formula is C14H20N2O3. The lowest BCUT2D eigenvalue weighted by Gasteiger charge is -2.13. The van der Waals surface area contributed by atoms with Gasteiger partial charge >= 0.3 is 0 Å². The van der Waals surface area contributed by atoms with Crippen molar-refractivity contribution >= 4 is 5.69 Å². The number of ether oxygens (including phenoxy) is 1. The highest BCUT2D eigenvalue weighted by atomic mass is 16.6. The van der Waals surface area contributed by atoms with Crippen LogP contribution in [0.2, 0.25) is 0 Å². The van der Waals surface area contributed by atoms with Crippen molar-refractivity contribution in [1.82, 2.24) is 5.32 Å². The molecule has 5 heteroatoms. The van der Waals surface area contributed by atoms with Gasteiger partial charge in [-0.05, 0) is 32.3 Å². The summed E-state index contributed by atoms with van der Waals surface area (Å²) in [5.41, 5.74) is 1.89. The van der Waals surface area contributed by atoms with Crippen LogP contribution >= 0.6 is 0 Å². The third kappa shape index (κ3) is 3.52. The topological polar surface area (TPSA) is 64.4 Å². The van der Waals surface area contributed by atoms with Crippen LogP contribution in [-0.2, 0) is 11.3 Å². The van der Waals surface area contributed by atoms with Crippen LogP contribution in [0.3, 0.4) is 0 Å². The minimum Gasteiger partial charge on any atom is -0.374 e. The van der Waals surface area contributed by atoms with Gasteiger partial charge in [-0.1, -0.05) is 12.1 Å². The van der Waals surface area contributed by atoms with E-state index >= 15 is 0 Å². The smallest absolute Gasteiger partial charge is 0.272 e. The van der Waals surface area contributed by atoms with Crippen LogP contribution in [0.1, 0.15) is 30.9 Å². The van der Waals surface area contributed by atoms with Crippen molar-refractivity contribution in [3.05, 3.63) is 39.4 Å². The highest BCUT2D eigenvalue weighted by Gasteiger charge is 2.21. The molecule has 0 aromatic heterocycles. The monoisotopic (exact) mass is 264 g/mol. The van der Waals surface area contributed by atoms with Gasteiger partial charge in [0.05, 0.1) is 17.1 Å². The number of benzene rings is 1. The molecule has 104 valence electrons. The molecule has 1 aliphatic heterocycles. The molecule has 0 bridgehead atoms. The Bertz CT molecular complexity index is 462. The second kappa shape index (κ2) is 6.12. The zero-order chi connectivity index (χ0) is 13.8. The summed E-state index contributed by atoms with van der Waals surface area (Å²) in [5.74, 6) is 0. The Kier molecular flexibility index (Phi) is 4.50. The van der Waals surface area contributed by atoms with Gasteiger partial charge in [0.25, 0.3) is 5.69 Å². The Balaban J connectivity index is 1.89. The largest absolute Gasteiger partial charge is 0.374 e. The van der Waals surface area contributed by atoms with Crippen LogP contribution in [-0.4, -0.2) is 23.7 Å². The number of hydrogen-bond donors (Lipinski definition) is 1. The minimum atomic E-state index is -0.333. The fourth-order valence-corrected chi connectivity index (χ4v) is 2.46. The number of rotatable bonds is 5. The van der Waals surface area contributed by atoms with Gasteiger partial charge in [-0.3, -0.25) is 10.1 Å². The Morgan fingerprint density at radius 3 is 2.89 bits per heavy atom. The third-order valence-corrected chi connectivity index (χ3v) is 3.62.